The first-order valence-electron chi connectivity index (χ1n) is 8.61. The highest BCUT2D eigenvalue weighted by molar-refractivity contribution is 7.09. The standard InChI is InChI=1S/C18H20ClN3O4S/c19-13-5-6-17(22(24)25)16(9-13)20-18(23)12-21(10-14-3-1-7-26-14)11-15-4-2-8-27-15/h2,4-6,8-9,14H,1,3,7,10-12H2,(H,20,23)/t14-/m1/s1. The SMILES string of the molecule is O=C(CN(Cc1cccs1)C[C@H]1CCCO1)Nc1cc(Cl)ccc1[N+](=O)[O-]. The summed E-state index contributed by atoms with van der Waals surface area (Å²) in [6, 6.07) is 8.09. The van der Waals surface area contributed by atoms with E-state index in [2.05, 4.69) is 5.32 Å². The molecule has 0 bridgehead atoms. The Kier molecular flexibility index (Phi) is 6.78. The summed E-state index contributed by atoms with van der Waals surface area (Å²) in [5.41, 5.74) is -0.0811. The number of nitro groups is 1. The summed E-state index contributed by atoms with van der Waals surface area (Å²) in [6.07, 6.45) is 2.11. The largest absolute Gasteiger partial charge is 0.377 e. The molecule has 1 aliphatic rings. The molecule has 3 rings (SSSR count). The molecule has 7 nitrogen and oxygen atoms in total. The van der Waals surface area contributed by atoms with Crippen molar-refractivity contribution in [2.75, 3.05) is 25.0 Å². The van der Waals surface area contributed by atoms with Crippen molar-refractivity contribution in [2.45, 2.75) is 25.5 Å². The van der Waals surface area contributed by atoms with Crippen LogP contribution in [0, 0.1) is 10.1 Å². The van der Waals surface area contributed by atoms with Crippen LogP contribution in [-0.4, -0.2) is 41.5 Å². The molecule has 1 amide bonds. The van der Waals surface area contributed by atoms with Gasteiger partial charge in [-0.05, 0) is 36.4 Å². The lowest BCUT2D eigenvalue weighted by Gasteiger charge is -2.24. The topological polar surface area (TPSA) is 84.7 Å². The third-order valence-electron chi connectivity index (χ3n) is 4.24. The molecule has 2 heterocycles. The van der Waals surface area contributed by atoms with E-state index in [9.17, 15) is 14.9 Å². The summed E-state index contributed by atoms with van der Waals surface area (Å²) in [5, 5.41) is 16.1. The van der Waals surface area contributed by atoms with Gasteiger partial charge in [0, 0.05) is 35.7 Å². The van der Waals surface area contributed by atoms with Gasteiger partial charge in [0.1, 0.15) is 5.69 Å². The van der Waals surface area contributed by atoms with Gasteiger partial charge in [-0.2, -0.15) is 0 Å². The number of halogens is 1. The van der Waals surface area contributed by atoms with Crippen LogP contribution >= 0.6 is 22.9 Å². The quantitative estimate of drug-likeness (QED) is 0.527. The number of thiophene rings is 1. The lowest BCUT2D eigenvalue weighted by Crippen LogP contribution is -2.37. The van der Waals surface area contributed by atoms with Crippen molar-refractivity contribution < 1.29 is 14.5 Å². The van der Waals surface area contributed by atoms with Crippen LogP contribution in [-0.2, 0) is 16.1 Å². The van der Waals surface area contributed by atoms with Gasteiger partial charge in [-0.1, -0.05) is 17.7 Å². The number of rotatable bonds is 8. The van der Waals surface area contributed by atoms with E-state index >= 15 is 0 Å². The van der Waals surface area contributed by atoms with Gasteiger partial charge in [-0.3, -0.25) is 19.8 Å². The zero-order valence-electron chi connectivity index (χ0n) is 14.6. The number of carbonyl (C=O) groups is 1. The fourth-order valence-electron chi connectivity index (χ4n) is 3.04. The molecule has 9 heteroatoms. The fraction of sp³-hybridized carbons (Fsp3) is 0.389. The summed E-state index contributed by atoms with van der Waals surface area (Å²) in [5.74, 6) is -0.324. The van der Waals surface area contributed by atoms with Crippen molar-refractivity contribution in [3.8, 4) is 0 Å². The van der Waals surface area contributed by atoms with Crippen LogP contribution < -0.4 is 5.32 Å². The van der Waals surface area contributed by atoms with E-state index in [1.54, 1.807) is 11.3 Å². The van der Waals surface area contributed by atoms with E-state index in [0.29, 0.717) is 18.1 Å². The zero-order valence-corrected chi connectivity index (χ0v) is 16.2. The molecular formula is C18H20ClN3O4S. The Hall–Kier alpha value is -2.00. The number of nitro benzene ring substituents is 1. The van der Waals surface area contributed by atoms with Crippen LogP contribution in [0.15, 0.2) is 35.7 Å². The molecule has 1 N–H and O–H groups in total. The van der Waals surface area contributed by atoms with E-state index in [-0.39, 0.29) is 29.9 Å². The summed E-state index contributed by atoms with van der Waals surface area (Å²) < 4.78 is 5.69. The Balaban J connectivity index is 1.68. The van der Waals surface area contributed by atoms with Crippen LogP contribution in [0.3, 0.4) is 0 Å². The van der Waals surface area contributed by atoms with Gasteiger partial charge < -0.3 is 10.1 Å². The third kappa shape index (κ3) is 5.74. The van der Waals surface area contributed by atoms with E-state index in [1.807, 2.05) is 22.4 Å². The molecule has 2 aromatic rings. The Morgan fingerprint density at radius 1 is 1.44 bits per heavy atom. The molecule has 1 atom stereocenters. The number of amides is 1. The van der Waals surface area contributed by atoms with Crippen molar-refractivity contribution >= 4 is 40.2 Å². The molecule has 0 spiro atoms. The predicted octanol–water partition coefficient (Wildman–Crippen LogP) is 3.93. The minimum absolute atomic E-state index is 0.102. The number of nitrogens with zero attached hydrogens (tertiary/aromatic N) is 2. The predicted molar refractivity (Wildman–Crippen MR) is 105 cm³/mol. The molecule has 1 aromatic carbocycles. The number of carbonyl (C=O) groups excluding carboxylic acids is 1. The summed E-state index contributed by atoms with van der Waals surface area (Å²) in [7, 11) is 0. The molecule has 1 fully saturated rings. The number of nitrogens with one attached hydrogen (secondary N) is 1. The fourth-order valence-corrected chi connectivity index (χ4v) is 3.96. The van der Waals surface area contributed by atoms with Crippen LogP contribution in [0.1, 0.15) is 17.7 Å². The molecule has 1 saturated heterocycles. The highest BCUT2D eigenvalue weighted by Crippen LogP contribution is 2.27. The molecule has 0 aliphatic carbocycles. The number of hydrogen-bond acceptors (Lipinski definition) is 6. The van der Waals surface area contributed by atoms with Gasteiger partial charge >= 0.3 is 0 Å². The van der Waals surface area contributed by atoms with Crippen LogP contribution in [0.5, 0.6) is 0 Å². The maximum Gasteiger partial charge on any atom is 0.292 e. The van der Waals surface area contributed by atoms with Crippen molar-refractivity contribution in [1.82, 2.24) is 4.90 Å². The molecule has 0 radical (unpaired) electrons. The Morgan fingerprint density at radius 2 is 2.30 bits per heavy atom. The van der Waals surface area contributed by atoms with Gasteiger partial charge in [0.15, 0.2) is 0 Å². The summed E-state index contributed by atoms with van der Waals surface area (Å²) in [4.78, 5) is 26.3. The number of hydrogen-bond donors (Lipinski definition) is 1. The maximum atomic E-state index is 12.6. The number of anilines is 1. The van der Waals surface area contributed by atoms with E-state index in [0.717, 1.165) is 24.3 Å². The van der Waals surface area contributed by atoms with Gasteiger partial charge in [0.2, 0.25) is 5.91 Å². The van der Waals surface area contributed by atoms with Gasteiger partial charge in [-0.25, -0.2) is 0 Å². The maximum absolute atomic E-state index is 12.6. The number of ether oxygens (including phenoxy) is 1. The molecule has 0 saturated carbocycles. The van der Waals surface area contributed by atoms with Crippen LogP contribution in [0.2, 0.25) is 5.02 Å². The second-order valence-corrected chi connectivity index (χ2v) is 7.82. The minimum atomic E-state index is -0.540. The van der Waals surface area contributed by atoms with E-state index < -0.39 is 4.92 Å². The van der Waals surface area contributed by atoms with E-state index in [1.165, 1.54) is 18.2 Å². The van der Waals surface area contributed by atoms with E-state index in [4.69, 9.17) is 16.3 Å². The normalized spacial score (nSPS) is 16.6. The highest BCUT2D eigenvalue weighted by atomic mass is 35.5. The lowest BCUT2D eigenvalue weighted by molar-refractivity contribution is -0.383. The lowest BCUT2D eigenvalue weighted by atomic mass is 10.2. The Morgan fingerprint density at radius 3 is 2.96 bits per heavy atom. The zero-order chi connectivity index (χ0) is 19.2. The molecule has 144 valence electrons. The molecular weight excluding hydrogens is 390 g/mol. The Labute approximate surface area is 166 Å². The third-order valence-corrected chi connectivity index (χ3v) is 5.34. The van der Waals surface area contributed by atoms with Crippen molar-refractivity contribution in [1.29, 1.82) is 0 Å². The summed E-state index contributed by atoms with van der Waals surface area (Å²) in [6.45, 7) is 2.13. The van der Waals surface area contributed by atoms with Crippen molar-refractivity contribution in [3.63, 3.8) is 0 Å². The van der Waals surface area contributed by atoms with Gasteiger partial charge in [0.25, 0.3) is 5.69 Å². The van der Waals surface area contributed by atoms with Crippen LogP contribution in [0.4, 0.5) is 11.4 Å². The minimum Gasteiger partial charge on any atom is -0.377 e. The molecule has 1 aromatic heterocycles. The Bertz CT molecular complexity index is 794. The van der Waals surface area contributed by atoms with Gasteiger partial charge in [0.05, 0.1) is 17.6 Å². The smallest absolute Gasteiger partial charge is 0.292 e. The first kappa shape index (κ1) is 19.8. The van der Waals surface area contributed by atoms with Gasteiger partial charge in [-0.15, -0.1) is 11.3 Å². The highest BCUT2D eigenvalue weighted by Gasteiger charge is 2.23. The average Bonchev–Trinajstić information content (AvgIpc) is 3.28. The van der Waals surface area contributed by atoms with Crippen molar-refractivity contribution in [3.05, 3.63) is 55.7 Å². The van der Waals surface area contributed by atoms with Crippen LogP contribution in [0.25, 0.3) is 0 Å². The first-order chi connectivity index (χ1) is 13.0. The molecule has 1 aliphatic heterocycles. The summed E-state index contributed by atoms with van der Waals surface area (Å²) >= 11 is 7.55. The average molecular weight is 410 g/mol. The first-order valence-corrected chi connectivity index (χ1v) is 9.87. The second kappa shape index (κ2) is 9.27. The number of benzene rings is 1. The molecule has 27 heavy (non-hydrogen) atoms. The molecule has 0 unspecified atom stereocenters. The van der Waals surface area contributed by atoms with Crippen molar-refractivity contribution in [2.24, 2.45) is 0 Å². The second-order valence-electron chi connectivity index (χ2n) is 6.35. The monoisotopic (exact) mass is 409 g/mol.